The Balaban J connectivity index is 1.66. The first-order chi connectivity index (χ1) is 13.4. The Morgan fingerprint density at radius 3 is 2.79 bits per heavy atom. The second kappa shape index (κ2) is 11.4. The highest BCUT2D eigenvalue weighted by atomic mass is 16.6. The van der Waals surface area contributed by atoms with Crippen molar-refractivity contribution in [2.45, 2.75) is 46.0 Å². The molecule has 1 aromatic heterocycles. The van der Waals surface area contributed by atoms with Gasteiger partial charge in [0, 0.05) is 19.3 Å². The maximum absolute atomic E-state index is 11.7. The van der Waals surface area contributed by atoms with Crippen molar-refractivity contribution >= 4 is 6.09 Å². The fraction of sp³-hybridized carbons (Fsp3) is 0.550. The summed E-state index contributed by atoms with van der Waals surface area (Å²) in [5.41, 5.74) is 1.83. The van der Waals surface area contributed by atoms with E-state index in [2.05, 4.69) is 41.4 Å². The van der Waals surface area contributed by atoms with Crippen LogP contribution in [0.3, 0.4) is 0 Å². The van der Waals surface area contributed by atoms with Crippen molar-refractivity contribution in [2.24, 2.45) is 5.92 Å². The Morgan fingerprint density at radius 1 is 1.32 bits per heavy atom. The van der Waals surface area contributed by atoms with Gasteiger partial charge in [0.15, 0.2) is 0 Å². The summed E-state index contributed by atoms with van der Waals surface area (Å²) in [6.45, 7) is 6.61. The number of aromatic nitrogens is 3. The maximum Gasteiger partial charge on any atom is 0.407 e. The molecule has 0 saturated heterocycles. The van der Waals surface area contributed by atoms with Crippen LogP contribution in [-0.4, -0.2) is 57.4 Å². The first-order valence-corrected chi connectivity index (χ1v) is 9.62. The van der Waals surface area contributed by atoms with Crippen LogP contribution < -0.4 is 5.32 Å². The molecule has 1 unspecified atom stereocenters. The van der Waals surface area contributed by atoms with Gasteiger partial charge in [-0.15, -0.1) is 5.10 Å². The highest BCUT2D eigenvalue weighted by Gasteiger charge is 2.12. The zero-order chi connectivity index (χ0) is 20.4. The van der Waals surface area contributed by atoms with E-state index in [4.69, 9.17) is 4.74 Å². The van der Waals surface area contributed by atoms with Crippen LogP contribution in [0.15, 0.2) is 36.5 Å². The molecule has 1 heterocycles. The van der Waals surface area contributed by atoms with E-state index in [0.717, 1.165) is 24.2 Å². The highest BCUT2D eigenvalue weighted by molar-refractivity contribution is 5.67. The number of nitrogens with one attached hydrogen (secondary N) is 1. The Bertz CT molecular complexity index is 705. The van der Waals surface area contributed by atoms with Crippen LogP contribution in [0, 0.1) is 5.92 Å². The zero-order valence-corrected chi connectivity index (χ0v) is 16.9. The molecule has 8 nitrogen and oxygen atoms in total. The first-order valence-electron chi connectivity index (χ1n) is 9.62. The van der Waals surface area contributed by atoms with E-state index in [1.807, 2.05) is 36.5 Å². The van der Waals surface area contributed by atoms with Crippen LogP contribution in [0.1, 0.15) is 31.5 Å². The molecule has 1 amide bonds. The number of ether oxygens (including phenoxy) is 1. The molecular weight excluding hydrogens is 358 g/mol. The molecule has 0 aliphatic heterocycles. The largest absolute Gasteiger partial charge is 0.447 e. The van der Waals surface area contributed by atoms with Gasteiger partial charge in [0.25, 0.3) is 0 Å². The van der Waals surface area contributed by atoms with Gasteiger partial charge in [0.2, 0.25) is 0 Å². The minimum atomic E-state index is -0.851. The summed E-state index contributed by atoms with van der Waals surface area (Å²) in [5.74, 6) is 0.665. The van der Waals surface area contributed by atoms with E-state index in [1.54, 1.807) is 4.68 Å². The van der Waals surface area contributed by atoms with Gasteiger partial charge in [-0.1, -0.05) is 49.4 Å². The van der Waals surface area contributed by atoms with Crippen LogP contribution in [0.25, 0.3) is 0 Å². The summed E-state index contributed by atoms with van der Waals surface area (Å²) in [4.78, 5) is 13.9. The summed E-state index contributed by atoms with van der Waals surface area (Å²) in [7, 11) is 2.05. The SMILES string of the molecule is CC(C)CCN(C)Cc1cn(CC(O)COC(=O)NCc2ccccc2)nn1. The fourth-order valence-electron chi connectivity index (χ4n) is 2.60. The number of aliphatic hydroxyl groups excluding tert-OH is 1. The van der Waals surface area contributed by atoms with Gasteiger partial charge in [-0.3, -0.25) is 0 Å². The molecular formula is C20H31N5O3. The average molecular weight is 390 g/mol. The predicted octanol–water partition coefficient (Wildman–Crippen LogP) is 2.04. The number of rotatable bonds is 11. The third kappa shape index (κ3) is 8.49. The number of amides is 1. The molecule has 0 radical (unpaired) electrons. The van der Waals surface area contributed by atoms with Gasteiger partial charge in [-0.2, -0.15) is 0 Å². The molecule has 0 saturated carbocycles. The molecule has 2 rings (SSSR count). The molecule has 154 valence electrons. The minimum Gasteiger partial charge on any atom is -0.447 e. The number of hydrogen-bond donors (Lipinski definition) is 2. The van der Waals surface area contributed by atoms with Crippen LogP contribution in [-0.2, 0) is 24.4 Å². The molecule has 0 spiro atoms. The van der Waals surface area contributed by atoms with Gasteiger partial charge in [0.1, 0.15) is 12.7 Å². The topological polar surface area (TPSA) is 92.5 Å². The van der Waals surface area contributed by atoms with Gasteiger partial charge in [0.05, 0.1) is 12.2 Å². The van der Waals surface area contributed by atoms with Crippen LogP contribution in [0.4, 0.5) is 4.79 Å². The minimum absolute atomic E-state index is 0.107. The van der Waals surface area contributed by atoms with Crippen molar-refractivity contribution < 1.29 is 14.6 Å². The summed E-state index contributed by atoms with van der Waals surface area (Å²) >= 11 is 0. The molecule has 0 aliphatic rings. The predicted molar refractivity (Wildman–Crippen MR) is 106 cm³/mol. The van der Waals surface area contributed by atoms with Gasteiger partial charge < -0.3 is 20.1 Å². The average Bonchev–Trinajstić information content (AvgIpc) is 3.10. The van der Waals surface area contributed by atoms with Gasteiger partial charge in [-0.05, 0) is 31.5 Å². The summed E-state index contributed by atoms with van der Waals surface area (Å²) in [6.07, 6.45) is 1.53. The van der Waals surface area contributed by atoms with Crippen molar-refractivity contribution in [1.82, 2.24) is 25.2 Å². The van der Waals surface area contributed by atoms with Crippen LogP contribution in [0.2, 0.25) is 0 Å². The fourth-order valence-corrected chi connectivity index (χ4v) is 2.60. The molecule has 28 heavy (non-hydrogen) atoms. The van der Waals surface area contributed by atoms with Crippen LogP contribution in [0.5, 0.6) is 0 Å². The number of aliphatic hydroxyl groups is 1. The molecule has 0 bridgehead atoms. The molecule has 1 atom stereocenters. The van der Waals surface area contributed by atoms with Crippen molar-refractivity contribution in [2.75, 3.05) is 20.2 Å². The summed E-state index contributed by atoms with van der Waals surface area (Å²) < 4.78 is 6.62. The standard InChI is InChI=1S/C20H31N5O3/c1-16(2)9-10-24(3)12-18-13-25(23-22-18)14-19(26)15-28-20(27)21-11-17-7-5-4-6-8-17/h4-8,13,16,19,26H,9-12,14-15H2,1-3H3,(H,21,27). The molecule has 0 fully saturated rings. The zero-order valence-electron chi connectivity index (χ0n) is 16.9. The third-order valence-corrected chi connectivity index (χ3v) is 4.19. The van der Waals surface area contributed by atoms with Crippen molar-refractivity contribution in [1.29, 1.82) is 0 Å². The first kappa shape index (κ1) is 21.8. The molecule has 8 heteroatoms. The molecule has 2 N–H and O–H groups in total. The van der Waals surface area contributed by atoms with E-state index in [-0.39, 0.29) is 13.2 Å². The number of carbonyl (C=O) groups excluding carboxylic acids is 1. The lowest BCUT2D eigenvalue weighted by molar-refractivity contribution is 0.0561. The number of hydrogen-bond acceptors (Lipinski definition) is 6. The van der Waals surface area contributed by atoms with Crippen molar-refractivity contribution in [3.63, 3.8) is 0 Å². The lowest BCUT2D eigenvalue weighted by Gasteiger charge is -2.16. The van der Waals surface area contributed by atoms with Crippen molar-refractivity contribution in [3.8, 4) is 0 Å². The van der Waals surface area contributed by atoms with Gasteiger partial charge >= 0.3 is 6.09 Å². The highest BCUT2D eigenvalue weighted by Crippen LogP contribution is 2.05. The smallest absolute Gasteiger partial charge is 0.407 e. The Labute approximate surface area is 166 Å². The molecule has 1 aromatic carbocycles. The van der Waals surface area contributed by atoms with Crippen LogP contribution >= 0.6 is 0 Å². The van der Waals surface area contributed by atoms with E-state index in [9.17, 15) is 9.90 Å². The normalized spacial score (nSPS) is 12.4. The van der Waals surface area contributed by atoms with Gasteiger partial charge in [-0.25, -0.2) is 9.48 Å². The lowest BCUT2D eigenvalue weighted by atomic mass is 10.1. The summed E-state index contributed by atoms with van der Waals surface area (Å²) in [5, 5.41) is 20.9. The molecule has 0 aliphatic carbocycles. The van der Waals surface area contributed by atoms with Crippen molar-refractivity contribution in [3.05, 3.63) is 47.8 Å². The number of alkyl carbamates (subject to hydrolysis) is 1. The third-order valence-electron chi connectivity index (χ3n) is 4.19. The lowest BCUT2D eigenvalue weighted by Crippen LogP contribution is -2.29. The van der Waals surface area contributed by atoms with E-state index in [0.29, 0.717) is 19.0 Å². The maximum atomic E-state index is 11.7. The van der Waals surface area contributed by atoms with E-state index >= 15 is 0 Å². The quantitative estimate of drug-likeness (QED) is 0.611. The monoisotopic (exact) mass is 389 g/mol. The Kier molecular flexibility index (Phi) is 8.90. The number of carbonyl (C=O) groups is 1. The van der Waals surface area contributed by atoms with E-state index < -0.39 is 12.2 Å². The van der Waals surface area contributed by atoms with E-state index in [1.165, 1.54) is 0 Å². The second-order valence-corrected chi connectivity index (χ2v) is 7.44. The Hall–Kier alpha value is -2.45. The second-order valence-electron chi connectivity index (χ2n) is 7.44. The number of benzene rings is 1. The summed E-state index contributed by atoms with van der Waals surface area (Å²) in [6, 6.07) is 9.55. The number of nitrogens with zero attached hydrogens (tertiary/aromatic N) is 4. The Morgan fingerprint density at radius 2 is 2.07 bits per heavy atom. The molecule has 2 aromatic rings.